The Balaban J connectivity index is 6.37. The van der Waals surface area contributed by atoms with Crippen molar-refractivity contribution in [2.45, 2.75) is 70.1 Å². The van der Waals surface area contributed by atoms with Gasteiger partial charge in [-0.05, 0) is 25.7 Å². The highest BCUT2D eigenvalue weighted by Crippen LogP contribution is 2.72. The number of hydrogen-bond acceptors (Lipinski definition) is 2. The van der Waals surface area contributed by atoms with Gasteiger partial charge in [-0.1, -0.05) is 34.1 Å². The summed E-state index contributed by atoms with van der Waals surface area (Å²) in [5.41, 5.74) is 0. The summed E-state index contributed by atoms with van der Waals surface area (Å²) in [4.78, 5) is 39.1. The third-order valence-corrected chi connectivity index (χ3v) is 8.83. The lowest BCUT2D eigenvalue weighted by Gasteiger charge is -2.49. The van der Waals surface area contributed by atoms with Gasteiger partial charge in [-0.3, -0.25) is 9.13 Å². The van der Waals surface area contributed by atoms with Crippen LogP contribution in [0.25, 0.3) is 0 Å². The highest BCUT2D eigenvalue weighted by Gasteiger charge is 2.65. The summed E-state index contributed by atoms with van der Waals surface area (Å²) in [5.74, 6) is 0. The molecule has 0 aliphatic heterocycles. The van der Waals surface area contributed by atoms with E-state index in [0.29, 0.717) is 6.42 Å². The minimum atomic E-state index is -4.67. The van der Waals surface area contributed by atoms with Crippen LogP contribution < -0.4 is 0 Å². The molecule has 1 atom stereocenters. The van der Waals surface area contributed by atoms with Crippen molar-refractivity contribution in [3.8, 4) is 0 Å². The molecule has 0 amide bonds. The van der Waals surface area contributed by atoms with Crippen molar-refractivity contribution < 1.29 is 28.7 Å². The molecule has 0 aromatic rings. The average molecular weight is 316 g/mol. The Labute approximate surface area is 114 Å². The molecule has 19 heavy (non-hydrogen) atoms. The summed E-state index contributed by atoms with van der Waals surface area (Å²) in [6.07, 6.45) is 0.665. The molecule has 0 aromatic heterocycles. The van der Waals surface area contributed by atoms with Crippen LogP contribution in [0.3, 0.4) is 0 Å². The van der Waals surface area contributed by atoms with Crippen LogP contribution in [0, 0.1) is 0 Å². The van der Waals surface area contributed by atoms with Crippen LogP contribution in [-0.4, -0.2) is 29.9 Å². The van der Waals surface area contributed by atoms with Gasteiger partial charge in [0.1, 0.15) is 0 Å². The van der Waals surface area contributed by atoms with E-state index in [1.54, 1.807) is 27.7 Å². The quantitative estimate of drug-likeness (QED) is 0.512. The lowest BCUT2D eigenvalue weighted by molar-refractivity contribution is 0.215. The molecule has 116 valence electrons. The lowest BCUT2D eigenvalue weighted by Crippen LogP contribution is -2.52. The Morgan fingerprint density at radius 1 is 0.737 bits per heavy atom. The Kier molecular flexibility index (Phi) is 6.48. The molecule has 0 rings (SSSR count). The zero-order chi connectivity index (χ0) is 15.5. The maximum absolute atomic E-state index is 12.0. The van der Waals surface area contributed by atoms with E-state index in [4.69, 9.17) is 0 Å². The monoisotopic (exact) mass is 316 g/mol. The fourth-order valence-corrected chi connectivity index (χ4v) is 7.57. The summed E-state index contributed by atoms with van der Waals surface area (Å²) >= 11 is 0. The first-order chi connectivity index (χ1) is 8.49. The molecule has 4 N–H and O–H groups in total. The largest absolute Gasteiger partial charge is 0.332 e. The molecule has 0 saturated carbocycles. The smallest absolute Gasteiger partial charge is 0.324 e. The average Bonchev–Trinajstić information content (AvgIpc) is 2.26. The number of rotatable bonds is 8. The van der Waals surface area contributed by atoms with E-state index in [2.05, 4.69) is 0 Å². The highest BCUT2D eigenvalue weighted by atomic mass is 31.2. The maximum atomic E-state index is 12.0. The molecule has 0 radical (unpaired) electrons. The summed E-state index contributed by atoms with van der Waals surface area (Å²) in [6.45, 7) is 6.51. The second kappa shape index (κ2) is 6.38. The van der Waals surface area contributed by atoms with Gasteiger partial charge in [0.25, 0.3) is 0 Å². The van der Waals surface area contributed by atoms with Crippen LogP contribution in [0.1, 0.15) is 59.8 Å². The van der Waals surface area contributed by atoms with Crippen molar-refractivity contribution >= 4 is 15.2 Å². The van der Waals surface area contributed by atoms with Gasteiger partial charge < -0.3 is 19.6 Å². The third-order valence-electron chi connectivity index (χ3n) is 4.40. The van der Waals surface area contributed by atoms with Crippen molar-refractivity contribution in [2.75, 3.05) is 0 Å². The standard InChI is InChI=1S/C11H26O6P2/c1-5-9-11(8-4,19(15,16)17)10(6-2,7-3)18(12,13)14/h5-9H2,1-4H3,(H2,12,13,14)(H2,15,16,17). The van der Waals surface area contributed by atoms with Crippen molar-refractivity contribution in [1.82, 2.24) is 0 Å². The Morgan fingerprint density at radius 2 is 1.05 bits per heavy atom. The molecule has 0 spiro atoms. The molecule has 0 bridgehead atoms. The number of hydrogen-bond donors (Lipinski definition) is 4. The Bertz CT molecular complexity index is 381. The van der Waals surface area contributed by atoms with Gasteiger partial charge in [-0.15, -0.1) is 0 Å². The minimum absolute atomic E-state index is 0.0345. The molecule has 0 aliphatic carbocycles. The molecule has 0 saturated heterocycles. The summed E-state index contributed by atoms with van der Waals surface area (Å²) in [6, 6.07) is 0. The zero-order valence-corrected chi connectivity index (χ0v) is 13.8. The van der Waals surface area contributed by atoms with E-state index in [0.717, 1.165) is 0 Å². The normalized spacial score (nSPS) is 17.3. The summed E-state index contributed by atoms with van der Waals surface area (Å²) in [7, 11) is -9.33. The summed E-state index contributed by atoms with van der Waals surface area (Å²) in [5, 5.41) is -3.35. The predicted octanol–water partition coefficient (Wildman–Crippen LogP) is 2.85. The fourth-order valence-electron chi connectivity index (χ4n) is 3.37. The van der Waals surface area contributed by atoms with Crippen molar-refractivity contribution in [2.24, 2.45) is 0 Å². The van der Waals surface area contributed by atoms with E-state index >= 15 is 0 Å². The third kappa shape index (κ3) is 2.99. The first kappa shape index (κ1) is 19.3. The van der Waals surface area contributed by atoms with Crippen LogP contribution in [0.15, 0.2) is 0 Å². The molecular weight excluding hydrogens is 290 g/mol. The van der Waals surface area contributed by atoms with Crippen molar-refractivity contribution in [1.29, 1.82) is 0 Å². The molecule has 6 nitrogen and oxygen atoms in total. The molecule has 0 aliphatic rings. The fraction of sp³-hybridized carbons (Fsp3) is 1.00. The van der Waals surface area contributed by atoms with E-state index < -0.39 is 25.5 Å². The van der Waals surface area contributed by atoms with Crippen LogP contribution in [0.4, 0.5) is 0 Å². The van der Waals surface area contributed by atoms with Crippen LogP contribution in [0.5, 0.6) is 0 Å². The summed E-state index contributed by atoms with van der Waals surface area (Å²) < 4.78 is 24.0. The van der Waals surface area contributed by atoms with Gasteiger partial charge in [-0.25, -0.2) is 0 Å². The zero-order valence-electron chi connectivity index (χ0n) is 12.0. The van der Waals surface area contributed by atoms with E-state index in [1.165, 1.54) is 0 Å². The first-order valence-electron chi connectivity index (χ1n) is 6.61. The SMILES string of the molecule is CCCC(CC)(C(CC)(CC)P(=O)(O)O)P(=O)(O)O. The van der Waals surface area contributed by atoms with Gasteiger partial charge in [0, 0.05) is 0 Å². The van der Waals surface area contributed by atoms with E-state index in [9.17, 15) is 28.7 Å². The molecule has 0 heterocycles. The van der Waals surface area contributed by atoms with Crippen LogP contribution in [-0.2, 0) is 9.13 Å². The highest BCUT2D eigenvalue weighted by molar-refractivity contribution is 7.58. The van der Waals surface area contributed by atoms with Gasteiger partial charge in [0.2, 0.25) is 0 Å². The van der Waals surface area contributed by atoms with Crippen molar-refractivity contribution in [3.63, 3.8) is 0 Å². The molecule has 0 aromatic carbocycles. The topological polar surface area (TPSA) is 115 Å². The Hall–Kier alpha value is 0.300. The lowest BCUT2D eigenvalue weighted by atomic mass is 9.80. The predicted molar refractivity (Wildman–Crippen MR) is 75.3 cm³/mol. The second-order valence-corrected chi connectivity index (χ2v) is 8.85. The van der Waals surface area contributed by atoms with Crippen LogP contribution >= 0.6 is 15.2 Å². The maximum Gasteiger partial charge on any atom is 0.332 e. The minimum Gasteiger partial charge on any atom is -0.324 e. The van der Waals surface area contributed by atoms with Gasteiger partial charge in [0.15, 0.2) is 0 Å². The molecule has 1 unspecified atom stereocenters. The molecule has 8 heteroatoms. The van der Waals surface area contributed by atoms with E-state index in [-0.39, 0.29) is 25.7 Å². The van der Waals surface area contributed by atoms with Gasteiger partial charge in [-0.2, -0.15) is 0 Å². The van der Waals surface area contributed by atoms with Crippen molar-refractivity contribution in [3.05, 3.63) is 0 Å². The molecular formula is C11H26O6P2. The molecule has 0 fully saturated rings. The first-order valence-corrected chi connectivity index (χ1v) is 9.83. The van der Waals surface area contributed by atoms with Gasteiger partial charge in [0.05, 0.1) is 10.3 Å². The van der Waals surface area contributed by atoms with Gasteiger partial charge >= 0.3 is 15.2 Å². The van der Waals surface area contributed by atoms with E-state index in [1.807, 2.05) is 0 Å². The Morgan fingerprint density at radius 3 is 1.21 bits per heavy atom. The second-order valence-electron chi connectivity index (χ2n) is 4.96. The van der Waals surface area contributed by atoms with Crippen LogP contribution in [0.2, 0.25) is 0 Å².